The molecule has 0 saturated carbocycles. The molecule has 0 aliphatic rings. The summed E-state index contributed by atoms with van der Waals surface area (Å²) in [5.74, 6) is -1.65. The van der Waals surface area contributed by atoms with E-state index in [2.05, 4.69) is 5.32 Å². The lowest BCUT2D eigenvalue weighted by atomic mass is 10.0. The third kappa shape index (κ3) is 7.52. The van der Waals surface area contributed by atoms with E-state index in [0.29, 0.717) is 0 Å². The van der Waals surface area contributed by atoms with E-state index < -0.39 is 40.2 Å². The van der Waals surface area contributed by atoms with Gasteiger partial charge in [0, 0.05) is 30.6 Å². The first kappa shape index (κ1) is 31.5. The van der Waals surface area contributed by atoms with Crippen molar-refractivity contribution in [1.29, 1.82) is 0 Å². The molecule has 1 unspecified atom stereocenters. The van der Waals surface area contributed by atoms with Crippen LogP contribution >= 0.6 is 11.6 Å². The van der Waals surface area contributed by atoms with Crippen molar-refractivity contribution >= 4 is 39.1 Å². The normalized spacial score (nSPS) is 11.8. The van der Waals surface area contributed by atoms with E-state index in [1.807, 2.05) is 18.2 Å². The quantitative estimate of drug-likeness (QED) is 0.238. The summed E-state index contributed by atoms with van der Waals surface area (Å²) in [5.41, 5.74) is 0.945. The number of halogens is 2. The summed E-state index contributed by atoms with van der Waals surface area (Å²) in [6, 6.07) is 25.9. The number of amides is 2. The molecule has 0 aliphatic carbocycles. The van der Waals surface area contributed by atoms with Crippen molar-refractivity contribution in [2.75, 3.05) is 25.0 Å². The van der Waals surface area contributed by atoms with Gasteiger partial charge >= 0.3 is 0 Å². The Morgan fingerprint density at radius 1 is 0.930 bits per heavy atom. The molecule has 1 N–H and O–H groups in total. The van der Waals surface area contributed by atoms with Crippen molar-refractivity contribution in [3.8, 4) is 5.75 Å². The Bertz CT molecular complexity index is 1670. The Labute approximate surface area is 255 Å². The minimum atomic E-state index is -4.35. The van der Waals surface area contributed by atoms with E-state index in [-0.39, 0.29) is 39.9 Å². The standard InChI is InChI=1S/C32H31ClFN3O5S/c1-35-32(39)29(19-23-11-5-3-6-12-23)36(21-24-13-9-10-16-27(24)34)31(38)22-37(28-20-25(33)17-18-30(28)42-2)43(40,41)26-14-7-4-8-15-26/h3-18,20,29H,19,21-22H2,1-2H3,(H,35,39). The van der Waals surface area contributed by atoms with Crippen molar-refractivity contribution in [3.63, 3.8) is 0 Å². The monoisotopic (exact) mass is 623 g/mol. The molecule has 224 valence electrons. The number of carbonyl (C=O) groups excluding carboxylic acids is 2. The number of hydrogen-bond donors (Lipinski definition) is 1. The number of nitrogens with one attached hydrogen (secondary N) is 1. The van der Waals surface area contributed by atoms with Gasteiger partial charge in [0.15, 0.2) is 0 Å². The molecular weight excluding hydrogens is 593 g/mol. The first-order chi connectivity index (χ1) is 20.6. The largest absolute Gasteiger partial charge is 0.495 e. The summed E-state index contributed by atoms with van der Waals surface area (Å²) < 4.78 is 49.3. The molecule has 0 bridgehead atoms. The van der Waals surface area contributed by atoms with Crippen LogP contribution in [0.2, 0.25) is 5.02 Å². The lowest BCUT2D eigenvalue weighted by molar-refractivity contribution is -0.139. The number of hydrogen-bond acceptors (Lipinski definition) is 5. The molecule has 11 heteroatoms. The summed E-state index contributed by atoms with van der Waals surface area (Å²) in [5, 5.41) is 2.81. The second kappa shape index (κ2) is 14.2. The number of likely N-dealkylation sites (N-methyl/N-ethyl adjacent to an activating group) is 1. The molecule has 4 aromatic carbocycles. The second-order valence-corrected chi connectivity index (χ2v) is 11.9. The van der Waals surface area contributed by atoms with Crippen molar-refractivity contribution < 1.29 is 27.1 Å². The number of methoxy groups -OCH3 is 1. The average Bonchev–Trinajstić information content (AvgIpc) is 3.02. The zero-order valence-electron chi connectivity index (χ0n) is 23.6. The summed E-state index contributed by atoms with van der Waals surface area (Å²) >= 11 is 6.27. The van der Waals surface area contributed by atoms with Crippen molar-refractivity contribution in [2.24, 2.45) is 0 Å². The van der Waals surface area contributed by atoms with Crippen LogP contribution in [0.5, 0.6) is 5.75 Å². The lowest BCUT2D eigenvalue weighted by Crippen LogP contribution is -2.53. The van der Waals surface area contributed by atoms with Crippen LogP contribution in [0.15, 0.2) is 108 Å². The van der Waals surface area contributed by atoms with Crippen LogP contribution in [0.4, 0.5) is 10.1 Å². The van der Waals surface area contributed by atoms with Crippen LogP contribution in [0.3, 0.4) is 0 Å². The van der Waals surface area contributed by atoms with Gasteiger partial charge in [0.05, 0.1) is 17.7 Å². The zero-order chi connectivity index (χ0) is 31.0. The van der Waals surface area contributed by atoms with Gasteiger partial charge < -0.3 is 15.0 Å². The molecular formula is C32H31ClFN3O5S. The van der Waals surface area contributed by atoms with Gasteiger partial charge in [-0.1, -0.05) is 78.3 Å². The van der Waals surface area contributed by atoms with Crippen molar-refractivity contribution in [2.45, 2.75) is 23.9 Å². The molecule has 8 nitrogen and oxygen atoms in total. The summed E-state index contributed by atoms with van der Waals surface area (Å²) in [4.78, 5) is 28.7. The van der Waals surface area contributed by atoms with E-state index in [1.54, 1.807) is 36.4 Å². The molecule has 0 aliphatic heterocycles. The first-order valence-corrected chi connectivity index (χ1v) is 15.2. The van der Waals surface area contributed by atoms with E-state index in [9.17, 15) is 22.4 Å². The van der Waals surface area contributed by atoms with Gasteiger partial charge in [0.25, 0.3) is 10.0 Å². The fraction of sp³-hybridized carbons (Fsp3) is 0.188. The van der Waals surface area contributed by atoms with Crippen molar-refractivity contribution in [3.05, 3.63) is 125 Å². The van der Waals surface area contributed by atoms with Crippen LogP contribution in [0.1, 0.15) is 11.1 Å². The van der Waals surface area contributed by atoms with Crippen LogP contribution in [0, 0.1) is 5.82 Å². The first-order valence-electron chi connectivity index (χ1n) is 13.4. The molecule has 0 radical (unpaired) electrons. The maximum atomic E-state index is 14.9. The molecule has 0 heterocycles. The molecule has 1 atom stereocenters. The highest BCUT2D eigenvalue weighted by molar-refractivity contribution is 7.92. The molecule has 0 fully saturated rings. The fourth-order valence-electron chi connectivity index (χ4n) is 4.62. The predicted molar refractivity (Wildman–Crippen MR) is 164 cm³/mol. The number of benzene rings is 4. The molecule has 2 amide bonds. The molecule has 0 saturated heterocycles. The third-order valence-electron chi connectivity index (χ3n) is 6.84. The minimum absolute atomic E-state index is 0.0256. The number of nitrogens with zero attached hydrogens (tertiary/aromatic N) is 2. The van der Waals surface area contributed by atoms with Gasteiger partial charge in [-0.3, -0.25) is 13.9 Å². The van der Waals surface area contributed by atoms with Crippen LogP contribution in [0.25, 0.3) is 0 Å². The highest BCUT2D eigenvalue weighted by Crippen LogP contribution is 2.35. The molecule has 0 aromatic heterocycles. The summed E-state index contributed by atoms with van der Waals surface area (Å²) in [7, 11) is -1.54. The van der Waals surface area contributed by atoms with Crippen molar-refractivity contribution in [1.82, 2.24) is 10.2 Å². The Morgan fingerprint density at radius 2 is 1.56 bits per heavy atom. The Balaban J connectivity index is 1.84. The molecule has 4 aromatic rings. The van der Waals surface area contributed by atoms with Crippen LogP contribution < -0.4 is 14.4 Å². The number of ether oxygens (including phenoxy) is 1. The van der Waals surface area contributed by atoms with Crippen LogP contribution in [-0.4, -0.2) is 51.9 Å². The number of rotatable bonds is 12. The third-order valence-corrected chi connectivity index (χ3v) is 8.84. The van der Waals surface area contributed by atoms with Gasteiger partial charge in [-0.25, -0.2) is 12.8 Å². The highest BCUT2D eigenvalue weighted by Gasteiger charge is 2.35. The predicted octanol–water partition coefficient (Wildman–Crippen LogP) is 5.07. The fourth-order valence-corrected chi connectivity index (χ4v) is 6.23. The number of sulfonamides is 1. The van der Waals surface area contributed by atoms with E-state index in [0.717, 1.165) is 9.87 Å². The van der Waals surface area contributed by atoms with Gasteiger partial charge in [-0.05, 0) is 42.0 Å². The number of carbonyl (C=O) groups is 2. The Kier molecular flexibility index (Phi) is 10.4. The zero-order valence-corrected chi connectivity index (χ0v) is 25.2. The average molecular weight is 624 g/mol. The topological polar surface area (TPSA) is 96.0 Å². The summed E-state index contributed by atoms with van der Waals surface area (Å²) in [6.07, 6.45) is 0.104. The van der Waals surface area contributed by atoms with Gasteiger partial charge in [-0.2, -0.15) is 0 Å². The SMILES string of the molecule is CNC(=O)C(Cc1ccccc1)N(Cc1ccccc1F)C(=O)CN(c1cc(Cl)ccc1OC)S(=O)(=O)c1ccccc1. The molecule has 0 spiro atoms. The molecule has 43 heavy (non-hydrogen) atoms. The minimum Gasteiger partial charge on any atom is -0.495 e. The Hall–Kier alpha value is -4.41. The Morgan fingerprint density at radius 3 is 2.19 bits per heavy atom. The van der Waals surface area contributed by atoms with E-state index in [1.165, 1.54) is 67.6 Å². The van der Waals surface area contributed by atoms with Gasteiger partial charge in [0.2, 0.25) is 11.8 Å². The number of anilines is 1. The highest BCUT2D eigenvalue weighted by atomic mass is 35.5. The smallest absolute Gasteiger partial charge is 0.264 e. The maximum absolute atomic E-state index is 14.9. The van der Waals surface area contributed by atoms with Crippen LogP contribution in [-0.2, 0) is 32.6 Å². The van der Waals surface area contributed by atoms with E-state index >= 15 is 0 Å². The summed E-state index contributed by atoms with van der Waals surface area (Å²) in [6.45, 7) is -1.02. The second-order valence-electron chi connectivity index (χ2n) is 9.57. The van der Waals surface area contributed by atoms with Gasteiger partial charge in [-0.15, -0.1) is 0 Å². The molecule has 4 rings (SSSR count). The van der Waals surface area contributed by atoms with E-state index in [4.69, 9.17) is 16.3 Å². The lowest BCUT2D eigenvalue weighted by Gasteiger charge is -2.34. The van der Waals surface area contributed by atoms with Gasteiger partial charge in [0.1, 0.15) is 24.2 Å². The maximum Gasteiger partial charge on any atom is 0.264 e.